The van der Waals surface area contributed by atoms with Gasteiger partial charge in [-0.3, -0.25) is 4.79 Å². The predicted molar refractivity (Wildman–Crippen MR) is 70.3 cm³/mol. The number of hydrogen-bond acceptors (Lipinski definition) is 5. The van der Waals surface area contributed by atoms with Gasteiger partial charge < -0.3 is 19.4 Å². The highest BCUT2D eigenvalue weighted by molar-refractivity contribution is 6.03. The van der Waals surface area contributed by atoms with Gasteiger partial charge in [-0.1, -0.05) is 17.3 Å². The Morgan fingerprint density at radius 1 is 1.15 bits per heavy atom. The van der Waals surface area contributed by atoms with Crippen LogP contribution < -0.4 is 5.32 Å². The minimum Gasteiger partial charge on any atom is -0.506 e. The molecule has 0 aliphatic rings. The smallest absolute Gasteiger partial charge is 0.277 e. The lowest BCUT2D eigenvalue weighted by molar-refractivity contribution is 0.101. The molecule has 6 heteroatoms. The number of carbonyl (C=O) groups excluding carboxylic acids is 1. The molecule has 0 aliphatic heterocycles. The van der Waals surface area contributed by atoms with Gasteiger partial charge in [-0.2, -0.15) is 0 Å². The van der Waals surface area contributed by atoms with E-state index in [1.54, 1.807) is 30.3 Å². The number of nitrogens with one attached hydrogen (secondary N) is 1. The highest BCUT2D eigenvalue weighted by atomic mass is 16.5. The van der Waals surface area contributed by atoms with Crippen LogP contribution in [0.2, 0.25) is 0 Å². The number of aromatic hydroxyl groups is 1. The van der Waals surface area contributed by atoms with Crippen LogP contribution in [0.5, 0.6) is 5.75 Å². The van der Waals surface area contributed by atoms with Crippen molar-refractivity contribution in [3.8, 4) is 17.3 Å². The van der Waals surface area contributed by atoms with Crippen LogP contribution in [0, 0.1) is 0 Å². The Balaban J connectivity index is 1.80. The number of benzene rings is 1. The fourth-order valence-electron chi connectivity index (χ4n) is 1.68. The first-order valence-corrected chi connectivity index (χ1v) is 5.84. The molecule has 6 nitrogen and oxygen atoms in total. The number of amides is 1. The molecule has 100 valence electrons. The van der Waals surface area contributed by atoms with Gasteiger partial charge in [-0.05, 0) is 24.3 Å². The van der Waals surface area contributed by atoms with Gasteiger partial charge in [0, 0.05) is 6.07 Å². The van der Waals surface area contributed by atoms with E-state index in [0.29, 0.717) is 17.2 Å². The summed E-state index contributed by atoms with van der Waals surface area (Å²) in [6.45, 7) is 0. The summed E-state index contributed by atoms with van der Waals surface area (Å²) in [5.41, 5.74) is 0.403. The Morgan fingerprint density at radius 3 is 2.75 bits per heavy atom. The fourth-order valence-corrected chi connectivity index (χ4v) is 1.68. The van der Waals surface area contributed by atoms with Crippen molar-refractivity contribution in [2.45, 2.75) is 0 Å². The quantitative estimate of drug-likeness (QED) is 0.714. The molecule has 0 bridgehead atoms. The lowest BCUT2D eigenvalue weighted by Crippen LogP contribution is -2.12. The zero-order valence-electron chi connectivity index (χ0n) is 10.2. The summed E-state index contributed by atoms with van der Waals surface area (Å²) in [4.78, 5) is 12.0. The first kappa shape index (κ1) is 12.0. The maximum atomic E-state index is 12.0. The van der Waals surface area contributed by atoms with E-state index in [0.717, 1.165) is 0 Å². The molecule has 0 spiro atoms. The summed E-state index contributed by atoms with van der Waals surface area (Å²) in [6, 6.07) is 11.3. The van der Waals surface area contributed by atoms with Crippen molar-refractivity contribution in [1.82, 2.24) is 5.16 Å². The molecule has 0 saturated heterocycles. The van der Waals surface area contributed by atoms with E-state index in [2.05, 4.69) is 10.5 Å². The van der Waals surface area contributed by atoms with E-state index in [-0.39, 0.29) is 11.4 Å². The summed E-state index contributed by atoms with van der Waals surface area (Å²) in [7, 11) is 0. The Morgan fingerprint density at radius 2 is 2.00 bits per heavy atom. The van der Waals surface area contributed by atoms with E-state index in [1.165, 1.54) is 18.4 Å². The number of phenolic OH excluding ortho intramolecular Hbond substituents is 1. The standard InChI is InChI=1S/C14H10N2O4/c17-11-5-2-1-4-9(11)15-14(18)10-8-13(20-16-10)12-6-3-7-19-12/h1-8,17H,(H,15,18). The van der Waals surface area contributed by atoms with Gasteiger partial charge in [0.25, 0.3) is 5.91 Å². The fraction of sp³-hybridized carbons (Fsp3) is 0. The number of rotatable bonds is 3. The maximum Gasteiger partial charge on any atom is 0.277 e. The molecule has 3 rings (SSSR count). The molecule has 2 aromatic heterocycles. The minimum absolute atomic E-state index is 0.0180. The lowest BCUT2D eigenvalue weighted by Gasteiger charge is -2.04. The highest BCUT2D eigenvalue weighted by Gasteiger charge is 2.16. The number of hydrogen-bond donors (Lipinski definition) is 2. The van der Waals surface area contributed by atoms with Crippen molar-refractivity contribution < 1.29 is 18.8 Å². The van der Waals surface area contributed by atoms with Crippen molar-refractivity contribution in [3.05, 3.63) is 54.4 Å². The van der Waals surface area contributed by atoms with Gasteiger partial charge in [-0.25, -0.2) is 0 Å². The van der Waals surface area contributed by atoms with Crippen LogP contribution in [-0.2, 0) is 0 Å². The van der Waals surface area contributed by atoms with Crippen LogP contribution in [0.15, 0.2) is 57.7 Å². The third-order valence-electron chi connectivity index (χ3n) is 2.66. The van der Waals surface area contributed by atoms with Crippen LogP contribution in [0.3, 0.4) is 0 Å². The van der Waals surface area contributed by atoms with Gasteiger partial charge in [0.1, 0.15) is 5.75 Å². The normalized spacial score (nSPS) is 10.4. The number of nitrogens with zero attached hydrogens (tertiary/aromatic N) is 1. The maximum absolute atomic E-state index is 12.0. The number of phenols is 1. The van der Waals surface area contributed by atoms with E-state index in [1.807, 2.05) is 0 Å². The summed E-state index contributed by atoms with van der Waals surface area (Å²) >= 11 is 0. The second kappa shape index (κ2) is 4.93. The minimum atomic E-state index is -0.479. The van der Waals surface area contributed by atoms with Gasteiger partial charge in [0.2, 0.25) is 5.76 Å². The molecule has 0 atom stereocenters. The summed E-state index contributed by atoms with van der Waals surface area (Å²) in [5, 5.41) is 15.8. The predicted octanol–water partition coefficient (Wildman–Crippen LogP) is 2.89. The molecule has 0 radical (unpaired) electrons. The molecule has 0 unspecified atom stereocenters. The highest BCUT2D eigenvalue weighted by Crippen LogP contribution is 2.24. The largest absolute Gasteiger partial charge is 0.506 e. The average Bonchev–Trinajstić information content (AvgIpc) is 3.11. The zero-order valence-corrected chi connectivity index (χ0v) is 10.2. The third-order valence-corrected chi connectivity index (χ3v) is 2.66. The van der Waals surface area contributed by atoms with Crippen LogP contribution in [0.4, 0.5) is 5.69 Å². The molecule has 20 heavy (non-hydrogen) atoms. The Kier molecular flexibility index (Phi) is 2.96. The average molecular weight is 270 g/mol. The molecule has 0 aliphatic carbocycles. The topological polar surface area (TPSA) is 88.5 Å². The summed E-state index contributed by atoms with van der Waals surface area (Å²) in [5.74, 6) is 0.347. The molecule has 3 aromatic rings. The van der Waals surface area contributed by atoms with Crippen LogP contribution in [0.1, 0.15) is 10.5 Å². The van der Waals surface area contributed by atoms with E-state index >= 15 is 0 Å². The number of furan rings is 1. The monoisotopic (exact) mass is 270 g/mol. The van der Waals surface area contributed by atoms with Crippen molar-refractivity contribution in [1.29, 1.82) is 0 Å². The van der Waals surface area contributed by atoms with Gasteiger partial charge in [0.15, 0.2) is 11.5 Å². The van der Waals surface area contributed by atoms with Crippen molar-refractivity contribution >= 4 is 11.6 Å². The van der Waals surface area contributed by atoms with Crippen molar-refractivity contribution in [3.63, 3.8) is 0 Å². The number of aromatic nitrogens is 1. The molecule has 1 aromatic carbocycles. The Labute approximate surface area is 113 Å². The van der Waals surface area contributed by atoms with Gasteiger partial charge >= 0.3 is 0 Å². The van der Waals surface area contributed by atoms with Crippen molar-refractivity contribution in [2.75, 3.05) is 5.32 Å². The van der Waals surface area contributed by atoms with Crippen molar-refractivity contribution in [2.24, 2.45) is 0 Å². The zero-order chi connectivity index (χ0) is 13.9. The summed E-state index contributed by atoms with van der Waals surface area (Å²) < 4.78 is 10.2. The lowest BCUT2D eigenvalue weighted by atomic mass is 10.2. The summed E-state index contributed by atoms with van der Waals surface area (Å²) in [6.07, 6.45) is 1.50. The molecular weight excluding hydrogens is 260 g/mol. The van der Waals surface area contributed by atoms with Crippen LogP contribution in [-0.4, -0.2) is 16.2 Å². The van der Waals surface area contributed by atoms with Gasteiger partial charge in [0.05, 0.1) is 12.0 Å². The first-order valence-electron chi connectivity index (χ1n) is 5.84. The molecule has 2 N–H and O–H groups in total. The number of para-hydroxylation sites is 2. The van der Waals surface area contributed by atoms with Gasteiger partial charge in [-0.15, -0.1) is 0 Å². The number of anilines is 1. The molecular formula is C14H10N2O4. The number of carbonyl (C=O) groups is 1. The first-order chi connectivity index (χ1) is 9.74. The van der Waals surface area contributed by atoms with E-state index < -0.39 is 5.91 Å². The van der Waals surface area contributed by atoms with Crippen LogP contribution in [0.25, 0.3) is 11.5 Å². The second-order valence-corrected chi connectivity index (χ2v) is 4.02. The van der Waals surface area contributed by atoms with E-state index in [4.69, 9.17) is 8.94 Å². The second-order valence-electron chi connectivity index (χ2n) is 4.02. The molecule has 2 heterocycles. The van der Waals surface area contributed by atoms with Crippen LogP contribution >= 0.6 is 0 Å². The third kappa shape index (κ3) is 2.26. The Bertz CT molecular complexity index is 731. The SMILES string of the molecule is O=C(Nc1ccccc1O)c1cc(-c2ccco2)on1. The molecule has 0 fully saturated rings. The molecule has 0 saturated carbocycles. The Hall–Kier alpha value is -3.02. The van der Waals surface area contributed by atoms with E-state index in [9.17, 15) is 9.90 Å². The molecule has 1 amide bonds.